The minimum Gasteiger partial charge on any atom is -0.368 e. The van der Waals surface area contributed by atoms with Gasteiger partial charge >= 0.3 is 0 Å². The van der Waals surface area contributed by atoms with Gasteiger partial charge in [-0.25, -0.2) is 4.98 Å². The quantitative estimate of drug-likeness (QED) is 0.870. The standard InChI is InChI=1S/C15H17N5O3S2/c1-8-12(25-19-18-8)14(22)20-5-4-9-11(7-20)24-15(16-9)17-13(21)10-3-2-6-23-10/h10H,2-7H2,1H3,(H,16,17,21)/t10-/m1/s1. The third-order valence-corrected chi connectivity index (χ3v) is 6.13. The fourth-order valence-electron chi connectivity index (χ4n) is 2.96. The van der Waals surface area contributed by atoms with Crippen molar-refractivity contribution in [3.63, 3.8) is 0 Å². The summed E-state index contributed by atoms with van der Waals surface area (Å²) in [5, 5.41) is 7.33. The van der Waals surface area contributed by atoms with Crippen molar-refractivity contribution in [3.8, 4) is 0 Å². The molecule has 0 aromatic carbocycles. The van der Waals surface area contributed by atoms with Crippen LogP contribution in [0.15, 0.2) is 0 Å². The van der Waals surface area contributed by atoms with Gasteiger partial charge in [-0.2, -0.15) is 0 Å². The molecule has 1 atom stereocenters. The van der Waals surface area contributed by atoms with Crippen molar-refractivity contribution < 1.29 is 14.3 Å². The maximum atomic E-state index is 12.6. The normalized spacial score (nSPS) is 19.7. The van der Waals surface area contributed by atoms with Crippen LogP contribution in [-0.2, 0) is 22.5 Å². The number of nitrogens with zero attached hydrogens (tertiary/aromatic N) is 4. The topological polar surface area (TPSA) is 97.3 Å². The number of ether oxygens (including phenoxy) is 1. The second-order valence-electron chi connectivity index (χ2n) is 6.04. The molecule has 2 aromatic heterocycles. The predicted molar refractivity (Wildman–Crippen MR) is 92.8 cm³/mol. The van der Waals surface area contributed by atoms with Crippen molar-refractivity contribution in [2.75, 3.05) is 18.5 Å². The van der Waals surface area contributed by atoms with Gasteiger partial charge in [0.2, 0.25) is 0 Å². The van der Waals surface area contributed by atoms with Gasteiger partial charge in [0.1, 0.15) is 11.0 Å². The van der Waals surface area contributed by atoms with Gasteiger partial charge in [0.05, 0.1) is 17.9 Å². The molecule has 0 radical (unpaired) electrons. The molecule has 8 nitrogen and oxygen atoms in total. The first-order valence-corrected chi connectivity index (χ1v) is 9.70. The van der Waals surface area contributed by atoms with E-state index in [2.05, 4.69) is 19.9 Å². The third-order valence-electron chi connectivity index (χ3n) is 4.32. The van der Waals surface area contributed by atoms with E-state index in [4.69, 9.17) is 4.74 Å². The number of hydrogen-bond donors (Lipinski definition) is 1. The second kappa shape index (κ2) is 6.77. The molecule has 0 saturated carbocycles. The summed E-state index contributed by atoms with van der Waals surface area (Å²) in [7, 11) is 0. The molecule has 4 rings (SSSR count). The lowest BCUT2D eigenvalue weighted by atomic mass is 10.1. The van der Waals surface area contributed by atoms with Crippen LogP contribution in [0.5, 0.6) is 0 Å². The number of thiazole rings is 1. The number of amides is 2. The minimum atomic E-state index is -0.374. The molecule has 25 heavy (non-hydrogen) atoms. The third kappa shape index (κ3) is 3.29. The summed E-state index contributed by atoms with van der Waals surface area (Å²) in [6.07, 6.45) is 1.97. The molecule has 132 valence electrons. The molecular weight excluding hydrogens is 362 g/mol. The number of fused-ring (bicyclic) bond motifs is 1. The van der Waals surface area contributed by atoms with Crippen LogP contribution >= 0.6 is 22.9 Å². The Labute approximate surface area is 152 Å². The van der Waals surface area contributed by atoms with Gasteiger partial charge in [-0.3, -0.25) is 14.9 Å². The number of aryl methyl sites for hydroxylation is 1. The molecule has 2 amide bonds. The van der Waals surface area contributed by atoms with E-state index in [1.165, 1.54) is 11.3 Å². The highest BCUT2D eigenvalue weighted by Gasteiger charge is 2.29. The molecular formula is C15H17N5O3S2. The molecule has 2 aliphatic rings. The second-order valence-corrected chi connectivity index (χ2v) is 7.88. The zero-order chi connectivity index (χ0) is 17.4. The van der Waals surface area contributed by atoms with Crippen molar-refractivity contribution in [3.05, 3.63) is 21.1 Å². The number of anilines is 1. The zero-order valence-electron chi connectivity index (χ0n) is 13.7. The van der Waals surface area contributed by atoms with Crippen LogP contribution in [0.2, 0.25) is 0 Å². The number of aromatic nitrogens is 3. The summed E-state index contributed by atoms with van der Waals surface area (Å²) in [6.45, 7) is 3.53. The van der Waals surface area contributed by atoms with Gasteiger partial charge in [-0.1, -0.05) is 15.8 Å². The lowest BCUT2D eigenvalue weighted by Crippen LogP contribution is -2.35. The van der Waals surface area contributed by atoms with Crippen LogP contribution in [0.25, 0.3) is 0 Å². The summed E-state index contributed by atoms with van der Waals surface area (Å²) in [5.41, 5.74) is 1.62. The highest BCUT2D eigenvalue weighted by Crippen LogP contribution is 2.30. The molecule has 4 heterocycles. The maximum Gasteiger partial charge on any atom is 0.267 e. The summed E-state index contributed by atoms with van der Waals surface area (Å²) < 4.78 is 9.22. The van der Waals surface area contributed by atoms with Gasteiger partial charge in [-0.15, -0.1) is 5.10 Å². The monoisotopic (exact) mass is 379 g/mol. The van der Waals surface area contributed by atoms with Crippen molar-refractivity contribution in [2.45, 2.75) is 38.8 Å². The average molecular weight is 379 g/mol. The smallest absolute Gasteiger partial charge is 0.267 e. The Kier molecular flexibility index (Phi) is 4.48. The largest absolute Gasteiger partial charge is 0.368 e. The number of nitrogens with one attached hydrogen (secondary N) is 1. The number of rotatable bonds is 3. The molecule has 0 aliphatic carbocycles. The molecule has 1 N–H and O–H groups in total. The van der Waals surface area contributed by atoms with Crippen LogP contribution in [0.3, 0.4) is 0 Å². The van der Waals surface area contributed by atoms with Crippen LogP contribution in [0, 0.1) is 6.92 Å². The van der Waals surface area contributed by atoms with E-state index in [9.17, 15) is 9.59 Å². The number of hydrogen-bond acceptors (Lipinski definition) is 8. The first-order valence-electron chi connectivity index (χ1n) is 8.11. The van der Waals surface area contributed by atoms with Gasteiger partial charge < -0.3 is 9.64 Å². The molecule has 0 bridgehead atoms. The average Bonchev–Trinajstić information content (AvgIpc) is 3.33. The fraction of sp³-hybridized carbons (Fsp3) is 0.533. The highest BCUT2D eigenvalue weighted by atomic mass is 32.1. The van der Waals surface area contributed by atoms with E-state index in [1.807, 2.05) is 0 Å². The Morgan fingerprint density at radius 1 is 1.40 bits per heavy atom. The van der Waals surface area contributed by atoms with Crippen molar-refractivity contribution >= 4 is 39.8 Å². The van der Waals surface area contributed by atoms with E-state index in [-0.39, 0.29) is 17.9 Å². The summed E-state index contributed by atoms with van der Waals surface area (Å²) >= 11 is 2.55. The zero-order valence-corrected chi connectivity index (χ0v) is 15.3. The Morgan fingerprint density at radius 3 is 3.00 bits per heavy atom. The van der Waals surface area contributed by atoms with Crippen LogP contribution in [0.4, 0.5) is 5.13 Å². The summed E-state index contributed by atoms with van der Waals surface area (Å²) in [4.78, 5) is 32.6. The molecule has 2 aromatic rings. The van der Waals surface area contributed by atoms with E-state index in [0.29, 0.717) is 41.8 Å². The van der Waals surface area contributed by atoms with Gasteiger partial charge in [0, 0.05) is 24.4 Å². The van der Waals surface area contributed by atoms with Crippen molar-refractivity contribution in [1.29, 1.82) is 0 Å². The Balaban J connectivity index is 1.45. The van der Waals surface area contributed by atoms with E-state index in [0.717, 1.165) is 34.9 Å². The molecule has 2 aliphatic heterocycles. The van der Waals surface area contributed by atoms with Crippen molar-refractivity contribution in [2.24, 2.45) is 0 Å². The molecule has 1 saturated heterocycles. The van der Waals surface area contributed by atoms with Gasteiger partial charge in [0.15, 0.2) is 5.13 Å². The molecule has 0 unspecified atom stereocenters. The van der Waals surface area contributed by atoms with E-state index >= 15 is 0 Å². The lowest BCUT2D eigenvalue weighted by molar-refractivity contribution is -0.124. The fourth-order valence-corrected chi connectivity index (χ4v) is 4.62. The molecule has 10 heteroatoms. The number of carbonyl (C=O) groups excluding carboxylic acids is 2. The van der Waals surface area contributed by atoms with Crippen LogP contribution in [0.1, 0.15) is 38.8 Å². The predicted octanol–water partition coefficient (Wildman–Crippen LogP) is 1.62. The molecule has 1 fully saturated rings. The first kappa shape index (κ1) is 16.6. The van der Waals surface area contributed by atoms with Crippen molar-refractivity contribution in [1.82, 2.24) is 19.5 Å². The Morgan fingerprint density at radius 2 is 2.28 bits per heavy atom. The SMILES string of the molecule is Cc1nnsc1C(=O)N1CCc2nc(NC(=O)[C@H]3CCCO3)sc2C1. The molecule has 0 spiro atoms. The minimum absolute atomic E-state index is 0.0449. The van der Waals surface area contributed by atoms with E-state index < -0.39 is 0 Å². The Hall–Kier alpha value is -1.91. The first-order chi connectivity index (χ1) is 12.1. The highest BCUT2D eigenvalue weighted by molar-refractivity contribution is 7.15. The number of carbonyl (C=O) groups is 2. The van der Waals surface area contributed by atoms with Crippen LogP contribution < -0.4 is 5.32 Å². The lowest BCUT2D eigenvalue weighted by Gasteiger charge is -2.25. The van der Waals surface area contributed by atoms with E-state index in [1.54, 1.807) is 11.8 Å². The van der Waals surface area contributed by atoms with Crippen LogP contribution in [-0.4, -0.2) is 50.5 Å². The Bertz CT molecular complexity index is 812. The summed E-state index contributed by atoms with van der Waals surface area (Å²) in [6, 6.07) is 0. The maximum absolute atomic E-state index is 12.6. The summed E-state index contributed by atoms with van der Waals surface area (Å²) in [5.74, 6) is -0.181. The van der Waals surface area contributed by atoms with Gasteiger partial charge in [-0.05, 0) is 31.3 Å². The van der Waals surface area contributed by atoms with Gasteiger partial charge in [0.25, 0.3) is 11.8 Å².